The van der Waals surface area contributed by atoms with Crippen molar-refractivity contribution in [3.63, 3.8) is 0 Å². The van der Waals surface area contributed by atoms with E-state index < -0.39 is 0 Å². The summed E-state index contributed by atoms with van der Waals surface area (Å²) < 4.78 is 1.70. The van der Waals surface area contributed by atoms with Gasteiger partial charge in [-0.25, -0.2) is 4.98 Å². The second kappa shape index (κ2) is 4.36. The summed E-state index contributed by atoms with van der Waals surface area (Å²) in [6.45, 7) is 0.446. The number of amides is 1. The minimum atomic E-state index is -0.144. The van der Waals surface area contributed by atoms with Gasteiger partial charge in [0.25, 0.3) is 5.91 Å². The Balaban J connectivity index is 2.01. The number of anilines is 1. The molecule has 2 heterocycles. The molecule has 0 saturated heterocycles. The second-order valence-corrected chi connectivity index (χ2v) is 4.36. The van der Waals surface area contributed by atoms with Crippen molar-refractivity contribution in [1.29, 1.82) is 0 Å². The van der Waals surface area contributed by atoms with E-state index in [2.05, 4.69) is 10.3 Å². The Labute approximate surface area is 96.9 Å². The highest BCUT2D eigenvalue weighted by Gasteiger charge is 2.10. The zero-order valence-electron chi connectivity index (χ0n) is 8.80. The largest absolute Gasteiger partial charge is 0.397 e. The molecule has 2 rings (SSSR count). The van der Waals surface area contributed by atoms with Crippen LogP contribution in [0.1, 0.15) is 15.5 Å². The number of aromatic nitrogens is 2. The third kappa shape index (κ3) is 2.22. The average molecular weight is 236 g/mol. The van der Waals surface area contributed by atoms with Gasteiger partial charge in [0, 0.05) is 24.8 Å². The predicted molar refractivity (Wildman–Crippen MR) is 63.1 cm³/mol. The van der Waals surface area contributed by atoms with Crippen molar-refractivity contribution >= 4 is 22.9 Å². The van der Waals surface area contributed by atoms with Crippen LogP contribution in [0, 0.1) is 0 Å². The molecular weight excluding hydrogens is 224 g/mol. The van der Waals surface area contributed by atoms with E-state index >= 15 is 0 Å². The topological polar surface area (TPSA) is 72.9 Å². The summed E-state index contributed by atoms with van der Waals surface area (Å²) in [4.78, 5) is 15.8. The molecule has 2 aromatic heterocycles. The fraction of sp³-hybridized carbons (Fsp3) is 0.200. The summed E-state index contributed by atoms with van der Waals surface area (Å²) >= 11 is 1.51. The lowest BCUT2D eigenvalue weighted by Gasteiger charge is -2.03. The van der Waals surface area contributed by atoms with Gasteiger partial charge in [-0.15, -0.1) is 11.3 Å². The second-order valence-electron chi connectivity index (χ2n) is 3.38. The van der Waals surface area contributed by atoms with Crippen LogP contribution in [0.4, 0.5) is 5.69 Å². The van der Waals surface area contributed by atoms with Crippen LogP contribution >= 0.6 is 11.3 Å². The van der Waals surface area contributed by atoms with Crippen LogP contribution in [0.2, 0.25) is 0 Å². The van der Waals surface area contributed by atoms with Crippen molar-refractivity contribution in [1.82, 2.24) is 14.9 Å². The Hall–Kier alpha value is -1.82. The van der Waals surface area contributed by atoms with E-state index in [1.807, 2.05) is 5.38 Å². The molecular formula is C10H12N4OS. The van der Waals surface area contributed by atoms with Gasteiger partial charge < -0.3 is 15.6 Å². The third-order valence-electron chi connectivity index (χ3n) is 2.14. The molecule has 0 aromatic carbocycles. The number of nitrogen functional groups attached to an aromatic ring is 1. The number of hydrogen-bond donors (Lipinski definition) is 2. The molecule has 6 heteroatoms. The van der Waals surface area contributed by atoms with E-state index in [1.54, 1.807) is 30.1 Å². The SMILES string of the molecule is Cn1cc(N)cc1C(=O)NCc1nccs1. The summed E-state index contributed by atoms with van der Waals surface area (Å²) in [6.07, 6.45) is 3.42. The first-order valence-corrected chi connectivity index (χ1v) is 5.63. The number of nitrogens with one attached hydrogen (secondary N) is 1. The molecule has 0 aliphatic rings. The Bertz CT molecular complexity index is 489. The Morgan fingerprint density at radius 3 is 3.06 bits per heavy atom. The molecule has 2 aromatic rings. The molecule has 0 fully saturated rings. The van der Waals surface area contributed by atoms with Crippen molar-refractivity contribution < 1.29 is 4.79 Å². The quantitative estimate of drug-likeness (QED) is 0.834. The summed E-state index contributed by atoms with van der Waals surface area (Å²) in [7, 11) is 1.79. The normalized spacial score (nSPS) is 10.3. The number of carbonyl (C=O) groups excluding carboxylic acids is 1. The maximum Gasteiger partial charge on any atom is 0.268 e. The van der Waals surface area contributed by atoms with Crippen LogP contribution in [0.15, 0.2) is 23.8 Å². The molecule has 0 bridgehead atoms. The molecule has 0 saturated carbocycles. The Kier molecular flexibility index (Phi) is 2.91. The van der Waals surface area contributed by atoms with Crippen molar-refractivity contribution in [2.45, 2.75) is 6.54 Å². The monoisotopic (exact) mass is 236 g/mol. The predicted octanol–water partition coefficient (Wildman–Crippen LogP) is 0.994. The molecule has 0 radical (unpaired) electrons. The van der Waals surface area contributed by atoms with E-state index in [-0.39, 0.29) is 5.91 Å². The Morgan fingerprint density at radius 1 is 1.69 bits per heavy atom. The zero-order valence-corrected chi connectivity index (χ0v) is 9.62. The molecule has 0 aliphatic heterocycles. The van der Waals surface area contributed by atoms with Crippen LogP contribution in [0.3, 0.4) is 0 Å². The van der Waals surface area contributed by atoms with Gasteiger partial charge >= 0.3 is 0 Å². The molecule has 16 heavy (non-hydrogen) atoms. The maximum absolute atomic E-state index is 11.8. The van der Waals surface area contributed by atoms with Crippen LogP contribution in [-0.2, 0) is 13.6 Å². The summed E-state index contributed by atoms with van der Waals surface area (Å²) in [6, 6.07) is 1.65. The van der Waals surface area contributed by atoms with E-state index in [0.717, 1.165) is 5.01 Å². The number of hydrogen-bond acceptors (Lipinski definition) is 4. The first-order valence-electron chi connectivity index (χ1n) is 4.75. The highest BCUT2D eigenvalue weighted by Crippen LogP contribution is 2.09. The molecule has 5 nitrogen and oxygen atoms in total. The van der Waals surface area contributed by atoms with E-state index in [9.17, 15) is 4.79 Å². The van der Waals surface area contributed by atoms with E-state index in [4.69, 9.17) is 5.73 Å². The summed E-state index contributed by atoms with van der Waals surface area (Å²) in [5.74, 6) is -0.144. The molecule has 84 valence electrons. The van der Waals surface area contributed by atoms with Gasteiger partial charge in [0.05, 0.1) is 12.2 Å². The van der Waals surface area contributed by atoms with Crippen molar-refractivity contribution in [3.05, 3.63) is 34.5 Å². The lowest BCUT2D eigenvalue weighted by Crippen LogP contribution is -2.24. The number of nitrogens with zero attached hydrogens (tertiary/aromatic N) is 2. The molecule has 1 amide bonds. The lowest BCUT2D eigenvalue weighted by molar-refractivity contribution is 0.0943. The molecule has 0 unspecified atom stereocenters. The van der Waals surface area contributed by atoms with Crippen LogP contribution in [0.25, 0.3) is 0 Å². The van der Waals surface area contributed by atoms with E-state index in [0.29, 0.717) is 17.9 Å². The minimum absolute atomic E-state index is 0.144. The van der Waals surface area contributed by atoms with Gasteiger partial charge in [-0.2, -0.15) is 0 Å². The summed E-state index contributed by atoms with van der Waals surface area (Å²) in [5.41, 5.74) is 6.73. The van der Waals surface area contributed by atoms with Crippen LogP contribution in [-0.4, -0.2) is 15.5 Å². The molecule has 3 N–H and O–H groups in total. The van der Waals surface area contributed by atoms with E-state index in [1.165, 1.54) is 11.3 Å². The maximum atomic E-state index is 11.8. The standard InChI is InChI=1S/C10H12N4OS/c1-14-6-7(11)4-8(14)10(15)13-5-9-12-2-3-16-9/h2-4,6H,5,11H2,1H3,(H,13,15). The van der Waals surface area contributed by atoms with Gasteiger partial charge in [-0.05, 0) is 6.07 Å². The molecule has 0 atom stereocenters. The highest BCUT2D eigenvalue weighted by atomic mass is 32.1. The molecule has 0 aliphatic carbocycles. The van der Waals surface area contributed by atoms with Crippen molar-refractivity contribution in [3.8, 4) is 0 Å². The van der Waals surface area contributed by atoms with Gasteiger partial charge in [0.15, 0.2) is 0 Å². The fourth-order valence-corrected chi connectivity index (χ4v) is 1.96. The fourth-order valence-electron chi connectivity index (χ4n) is 1.40. The number of nitrogens with two attached hydrogens (primary N) is 1. The first kappa shape index (κ1) is 10.7. The van der Waals surface area contributed by atoms with Gasteiger partial charge in [-0.1, -0.05) is 0 Å². The third-order valence-corrected chi connectivity index (χ3v) is 2.92. The van der Waals surface area contributed by atoms with Gasteiger partial charge in [0.2, 0.25) is 0 Å². The van der Waals surface area contributed by atoms with Crippen LogP contribution in [0.5, 0.6) is 0 Å². The molecule has 0 spiro atoms. The first-order chi connectivity index (χ1) is 7.66. The van der Waals surface area contributed by atoms with Gasteiger partial charge in [0.1, 0.15) is 10.7 Å². The Morgan fingerprint density at radius 2 is 2.50 bits per heavy atom. The minimum Gasteiger partial charge on any atom is -0.397 e. The number of aryl methyl sites for hydroxylation is 1. The highest BCUT2D eigenvalue weighted by molar-refractivity contribution is 7.09. The van der Waals surface area contributed by atoms with Gasteiger partial charge in [-0.3, -0.25) is 4.79 Å². The average Bonchev–Trinajstić information content (AvgIpc) is 2.84. The summed E-state index contributed by atoms with van der Waals surface area (Å²) in [5, 5.41) is 5.55. The van der Waals surface area contributed by atoms with Crippen molar-refractivity contribution in [2.24, 2.45) is 7.05 Å². The van der Waals surface area contributed by atoms with Crippen molar-refractivity contribution in [2.75, 3.05) is 5.73 Å². The smallest absolute Gasteiger partial charge is 0.268 e. The number of carbonyl (C=O) groups is 1. The number of rotatable bonds is 3. The zero-order chi connectivity index (χ0) is 11.5. The van der Waals surface area contributed by atoms with Crippen LogP contribution < -0.4 is 11.1 Å². The number of thiazole rings is 1. The lowest BCUT2D eigenvalue weighted by atomic mass is 10.4.